The maximum absolute atomic E-state index is 9.78. The molecule has 25 heavy (non-hydrogen) atoms. The zero-order chi connectivity index (χ0) is 18.3. The van der Waals surface area contributed by atoms with Crippen LogP contribution in [0.15, 0.2) is 24.3 Å². The molecule has 1 atom stereocenters. The Labute approximate surface area is 155 Å². The molecule has 1 aromatic rings. The van der Waals surface area contributed by atoms with Crippen molar-refractivity contribution in [2.45, 2.75) is 84.5 Å². The number of nitrogens with zero attached hydrogens (tertiary/aromatic N) is 1. The van der Waals surface area contributed by atoms with Crippen molar-refractivity contribution in [1.29, 1.82) is 5.26 Å². The quantitative estimate of drug-likeness (QED) is 0.474. The highest BCUT2D eigenvalue weighted by Gasteiger charge is 2.41. The third-order valence-electron chi connectivity index (χ3n) is 5.59. The summed E-state index contributed by atoms with van der Waals surface area (Å²) >= 11 is 0. The minimum atomic E-state index is -1.46. The third kappa shape index (κ3) is 5.97. The molecule has 0 saturated heterocycles. The Kier molecular flexibility index (Phi) is 7.28. The van der Waals surface area contributed by atoms with E-state index in [2.05, 4.69) is 56.9 Å². The highest BCUT2D eigenvalue weighted by atomic mass is 28.4. The van der Waals surface area contributed by atoms with E-state index in [9.17, 15) is 5.26 Å². The second-order valence-electron chi connectivity index (χ2n) is 8.79. The van der Waals surface area contributed by atoms with Crippen LogP contribution in [0.1, 0.15) is 63.0 Å². The van der Waals surface area contributed by atoms with Gasteiger partial charge in [0.1, 0.15) is 0 Å². The lowest BCUT2D eigenvalue weighted by Crippen LogP contribution is -2.29. The molecule has 1 unspecified atom stereocenters. The minimum absolute atomic E-state index is 0.209. The Bertz CT molecular complexity index is 561. The van der Waals surface area contributed by atoms with Crippen LogP contribution in [0.2, 0.25) is 19.6 Å². The molecule has 0 aromatic heterocycles. The molecule has 0 aliphatic heterocycles. The van der Waals surface area contributed by atoms with Crippen LogP contribution >= 0.6 is 0 Å². The van der Waals surface area contributed by atoms with E-state index in [1.54, 1.807) is 0 Å². The fraction of sp³-hybridized carbons (Fsp3) is 0.682. The average Bonchev–Trinajstić information content (AvgIpc) is 3.03. The first-order chi connectivity index (χ1) is 11.9. The largest absolute Gasteiger partial charge is 0.413 e. The summed E-state index contributed by atoms with van der Waals surface area (Å²) in [4.78, 5) is 0. The Morgan fingerprint density at radius 2 is 1.72 bits per heavy atom. The molecule has 0 heterocycles. The zero-order valence-corrected chi connectivity index (χ0v) is 17.6. The molecule has 1 saturated carbocycles. The number of rotatable bonds is 9. The van der Waals surface area contributed by atoms with Crippen molar-refractivity contribution in [3.05, 3.63) is 35.4 Å². The van der Waals surface area contributed by atoms with Crippen molar-refractivity contribution in [2.24, 2.45) is 11.3 Å². The fourth-order valence-corrected chi connectivity index (χ4v) is 4.70. The van der Waals surface area contributed by atoms with Crippen molar-refractivity contribution in [3.8, 4) is 6.07 Å². The first kappa shape index (κ1) is 20.2. The van der Waals surface area contributed by atoms with E-state index < -0.39 is 8.32 Å². The number of hydrogen-bond acceptors (Lipinski definition) is 2. The van der Waals surface area contributed by atoms with Gasteiger partial charge < -0.3 is 4.43 Å². The van der Waals surface area contributed by atoms with Crippen molar-refractivity contribution < 1.29 is 4.43 Å². The van der Waals surface area contributed by atoms with Gasteiger partial charge in [-0.25, -0.2) is 0 Å². The van der Waals surface area contributed by atoms with Gasteiger partial charge in [-0.05, 0) is 61.9 Å². The molecule has 0 spiro atoms. The summed E-state index contributed by atoms with van der Waals surface area (Å²) < 4.78 is 6.00. The van der Waals surface area contributed by atoms with Gasteiger partial charge in [-0.15, -0.1) is 0 Å². The highest BCUT2D eigenvalue weighted by molar-refractivity contribution is 6.69. The van der Waals surface area contributed by atoms with E-state index in [-0.39, 0.29) is 11.3 Å². The molecule has 2 rings (SSSR count). The van der Waals surface area contributed by atoms with Gasteiger partial charge in [-0.1, -0.05) is 56.9 Å². The molecule has 0 bridgehead atoms. The van der Waals surface area contributed by atoms with Crippen molar-refractivity contribution in [3.63, 3.8) is 0 Å². The van der Waals surface area contributed by atoms with Gasteiger partial charge in [0.05, 0.1) is 18.6 Å². The Morgan fingerprint density at radius 1 is 1.12 bits per heavy atom. The second-order valence-corrected chi connectivity index (χ2v) is 13.3. The van der Waals surface area contributed by atoms with E-state index in [4.69, 9.17) is 4.43 Å². The number of nitriles is 1. The monoisotopic (exact) mass is 357 g/mol. The van der Waals surface area contributed by atoms with Crippen LogP contribution in [0, 0.1) is 22.7 Å². The van der Waals surface area contributed by atoms with E-state index >= 15 is 0 Å². The van der Waals surface area contributed by atoms with E-state index in [0.29, 0.717) is 0 Å². The minimum Gasteiger partial charge on any atom is -0.413 e. The average molecular weight is 358 g/mol. The molecular weight excluding hydrogens is 322 g/mol. The summed E-state index contributed by atoms with van der Waals surface area (Å²) in [5, 5.41) is 9.78. The van der Waals surface area contributed by atoms with Crippen LogP contribution in [0.25, 0.3) is 0 Å². The number of benzene rings is 1. The molecule has 3 heteroatoms. The topological polar surface area (TPSA) is 33.0 Å². The van der Waals surface area contributed by atoms with Gasteiger partial charge in [0.15, 0.2) is 8.32 Å². The molecule has 138 valence electrons. The predicted octanol–water partition coefficient (Wildman–Crippen LogP) is 6.47. The molecule has 1 aliphatic carbocycles. The van der Waals surface area contributed by atoms with Crippen molar-refractivity contribution >= 4 is 8.32 Å². The molecule has 1 aromatic carbocycles. The van der Waals surface area contributed by atoms with Crippen molar-refractivity contribution in [2.75, 3.05) is 0 Å². The lowest BCUT2D eigenvalue weighted by atomic mass is 9.68. The molecule has 1 fully saturated rings. The van der Waals surface area contributed by atoms with Gasteiger partial charge in [-0.2, -0.15) is 5.26 Å². The van der Waals surface area contributed by atoms with E-state index in [1.165, 1.54) is 49.7 Å². The first-order valence-corrected chi connectivity index (χ1v) is 13.4. The summed E-state index contributed by atoms with van der Waals surface area (Å²) in [7, 11) is -1.46. The van der Waals surface area contributed by atoms with Crippen LogP contribution in [-0.2, 0) is 17.5 Å². The Balaban J connectivity index is 2.05. The standard InChI is InChI=1S/C22H35NOSi/c1-5-6-9-21(17-23)22(14-7-8-15-22)16-19-10-12-20(13-11-19)18-24-25(2,3)4/h10-13,21H,5-9,14-16,18H2,1-4H3. The molecular formula is C22H35NOSi. The predicted molar refractivity (Wildman–Crippen MR) is 108 cm³/mol. The highest BCUT2D eigenvalue weighted by Crippen LogP contribution is 2.48. The summed E-state index contributed by atoms with van der Waals surface area (Å²) in [6.45, 7) is 9.62. The first-order valence-electron chi connectivity index (χ1n) is 10.00. The van der Waals surface area contributed by atoms with Gasteiger partial charge >= 0.3 is 0 Å². The zero-order valence-electron chi connectivity index (χ0n) is 16.6. The lowest BCUT2D eigenvalue weighted by Gasteiger charge is -2.34. The molecule has 2 nitrogen and oxygen atoms in total. The fourth-order valence-electron chi connectivity index (χ4n) is 4.10. The van der Waals surface area contributed by atoms with Crippen LogP contribution in [0.3, 0.4) is 0 Å². The molecule has 0 N–H and O–H groups in total. The van der Waals surface area contributed by atoms with Crippen LogP contribution in [-0.4, -0.2) is 8.32 Å². The smallest absolute Gasteiger partial charge is 0.184 e. The van der Waals surface area contributed by atoms with Gasteiger partial charge in [0.25, 0.3) is 0 Å². The second kappa shape index (κ2) is 9.01. The molecule has 0 radical (unpaired) electrons. The van der Waals surface area contributed by atoms with Gasteiger partial charge in [-0.3, -0.25) is 0 Å². The van der Waals surface area contributed by atoms with Gasteiger partial charge in [0.2, 0.25) is 0 Å². The SMILES string of the molecule is CCCCC(C#N)C1(Cc2ccc(CO[Si](C)(C)C)cc2)CCCC1. The third-order valence-corrected chi connectivity index (χ3v) is 6.60. The summed E-state index contributed by atoms with van der Waals surface area (Å²) in [6, 6.07) is 11.6. The summed E-state index contributed by atoms with van der Waals surface area (Å²) in [6.07, 6.45) is 9.48. The Hall–Kier alpha value is -1.11. The lowest BCUT2D eigenvalue weighted by molar-refractivity contribution is 0.196. The normalized spacial score (nSPS) is 18.0. The summed E-state index contributed by atoms with van der Waals surface area (Å²) in [5.74, 6) is 0.213. The van der Waals surface area contributed by atoms with E-state index in [1.807, 2.05) is 0 Å². The Morgan fingerprint density at radius 3 is 2.24 bits per heavy atom. The summed E-state index contributed by atoms with van der Waals surface area (Å²) in [5.41, 5.74) is 2.85. The van der Waals surface area contributed by atoms with Crippen LogP contribution in [0.4, 0.5) is 0 Å². The molecule has 0 amide bonds. The maximum Gasteiger partial charge on any atom is 0.184 e. The molecule has 1 aliphatic rings. The number of unbranched alkanes of at least 4 members (excludes halogenated alkanes) is 1. The van der Waals surface area contributed by atoms with E-state index in [0.717, 1.165) is 19.4 Å². The number of hydrogen-bond donors (Lipinski definition) is 0. The van der Waals surface area contributed by atoms with Gasteiger partial charge in [0, 0.05) is 0 Å². The van der Waals surface area contributed by atoms with Crippen LogP contribution < -0.4 is 0 Å². The maximum atomic E-state index is 9.78. The van der Waals surface area contributed by atoms with Crippen molar-refractivity contribution in [1.82, 2.24) is 0 Å². The van der Waals surface area contributed by atoms with Crippen LogP contribution in [0.5, 0.6) is 0 Å².